The van der Waals surface area contributed by atoms with Crippen LogP contribution in [0.2, 0.25) is 0 Å². The number of carbonyl (C=O) groups excluding carboxylic acids is 1. The van der Waals surface area contributed by atoms with Crippen LogP contribution in [-0.4, -0.2) is 19.6 Å². The van der Waals surface area contributed by atoms with Crippen LogP contribution in [0.1, 0.15) is 25.8 Å². The number of fused-ring (bicyclic) bond motifs is 1. The fourth-order valence-corrected chi connectivity index (χ4v) is 2.06. The summed E-state index contributed by atoms with van der Waals surface area (Å²) in [6.07, 6.45) is 2.98. The van der Waals surface area contributed by atoms with Gasteiger partial charge < -0.3 is 14.5 Å². The van der Waals surface area contributed by atoms with Crippen molar-refractivity contribution in [3.63, 3.8) is 0 Å². The number of rotatable bonds is 6. The standard InChI is InChI=1S/C16H21NO3/c1-11(2)6-7-17-16(18)8-12-10-20-15-9-13(19-3)4-5-14(12)15/h4-5,9-11H,6-8H2,1-3H3,(H,17,18). The maximum atomic E-state index is 11.9. The average Bonchev–Trinajstić information content (AvgIpc) is 2.80. The van der Waals surface area contributed by atoms with Crippen LogP contribution < -0.4 is 10.1 Å². The third-order valence-electron chi connectivity index (χ3n) is 3.26. The summed E-state index contributed by atoms with van der Waals surface area (Å²) in [4.78, 5) is 11.9. The third-order valence-corrected chi connectivity index (χ3v) is 3.26. The van der Waals surface area contributed by atoms with E-state index in [-0.39, 0.29) is 5.91 Å². The molecule has 1 aromatic heterocycles. The molecule has 0 aliphatic rings. The van der Waals surface area contributed by atoms with Gasteiger partial charge in [-0.15, -0.1) is 0 Å². The molecule has 4 nitrogen and oxygen atoms in total. The van der Waals surface area contributed by atoms with Gasteiger partial charge in [-0.25, -0.2) is 0 Å². The predicted octanol–water partition coefficient (Wildman–Crippen LogP) is 3.15. The minimum atomic E-state index is 0.0316. The molecular formula is C16H21NO3. The molecule has 0 saturated heterocycles. The van der Waals surface area contributed by atoms with Crippen LogP contribution in [0.4, 0.5) is 0 Å². The van der Waals surface area contributed by atoms with Gasteiger partial charge in [-0.3, -0.25) is 4.79 Å². The van der Waals surface area contributed by atoms with Crippen LogP contribution in [0, 0.1) is 5.92 Å². The molecule has 0 atom stereocenters. The quantitative estimate of drug-likeness (QED) is 0.881. The first-order valence-electron chi connectivity index (χ1n) is 6.91. The van der Waals surface area contributed by atoms with E-state index >= 15 is 0 Å². The van der Waals surface area contributed by atoms with Crippen LogP contribution >= 0.6 is 0 Å². The maximum absolute atomic E-state index is 11.9. The lowest BCUT2D eigenvalue weighted by Crippen LogP contribution is -2.26. The number of carbonyl (C=O) groups is 1. The first-order chi connectivity index (χ1) is 9.60. The molecule has 0 bridgehead atoms. The van der Waals surface area contributed by atoms with Gasteiger partial charge in [0, 0.05) is 23.6 Å². The second kappa shape index (κ2) is 6.46. The Kier molecular flexibility index (Phi) is 4.66. The number of nitrogens with one attached hydrogen (secondary N) is 1. The lowest BCUT2D eigenvalue weighted by Gasteiger charge is -2.06. The zero-order valence-corrected chi connectivity index (χ0v) is 12.2. The summed E-state index contributed by atoms with van der Waals surface area (Å²) in [5.74, 6) is 1.38. The molecule has 1 aromatic carbocycles. The van der Waals surface area contributed by atoms with Crippen molar-refractivity contribution in [1.29, 1.82) is 0 Å². The molecule has 4 heteroatoms. The SMILES string of the molecule is COc1ccc2c(CC(=O)NCCC(C)C)coc2c1. The molecule has 20 heavy (non-hydrogen) atoms. The Labute approximate surface area is 119 Å². The number of furan rings is 1. The molecule has 1 heterocycles. The predicted molar refractivity (Wildman–Crippen MR) is 78.9 cm³/mol. The van der Waals surface area contributed by atoms with E-state index in [0.29, 0.717) is 12.3 Å². The molecular weight excluding hydrogens is 254 g/mol. The second-order valence-corrected chi connectivity index (χ2v) is 5.33. The highest BCUT2D eigenvalue weighted by molar-refractivity contribution is 5.88. The maximum Gasteiger partial charge on any atom is 0.224 e. The molecule has 2 rings (SSSR count). The topological polar surface area (TPSA) is 51.5 Å². The van der Waals surface area contributed by atoms with Gasteiger partial charge in [0.05, 0.1) is 19.8 Å². The van der Waals surface area contributed by atoms with Crippen molar-refractivity contribution >= 4 is 16.9 Å². The summed E-state index contributed by atoms with van der Waals surface area (Å²) >= 11 is 0. The van der Waals surface area contributed by atoms with E-state index < -0.39 is 0 Å². The summed E-state index contributed by atoms with van der Waals surface area (Å²) < 4.78 is 10.6. The summed E-state index contributed by atoms with van der Waals surface area (Å²) in [7, 11) is 1.62. The number of amides is 1. The molecule has 0 aliphatic carbocycles. The van der Waals surface area contributed by atoms with Crippen molar-refractivity contribution in [2.45, 2.75) is 26.7 Å². The van der Waals surface area contributed by atoms with Gasteiger partial charge in [-0.05, 0) is 24.5 Å². The molecule has 1 N–H and O–H groups in total. The van der Waals surface area contributed by atoms with E-state index in [1.807, 2.05) is 18.2 Å². The Balaban J connectivity index is 2.01. The van der Waals surface area contributed by atoms with Gasteiger partial charge in [-0.2, -0.15) is 0 Å². The number of ether oxygens (including phenoxy) is 1. The zero-order chi connectivity index (χ0) is 14.5. The fourth-order valence-electron chi connectivity index (χ4n) is 2.06. The summed E-state index contributed by atoms with van der Waals surface area (Å²) in [5, 5.41) is 3.90. The fraction of sp³-hybridized carbons (Fsp3) is 0.438. The van der Waals surface area contributed by atoms with Gasteiger partial charge in [0.25, 0.3) is 0 Å². The van der Waals surface area contributed by atoms with E-state index in [1.165, 1.54) is 0 Å². The van der Waals surface area contributed by atoms with Crippen molar-refractivity contribution in [3.05, 3.63) is 30.0 Å². The smallest absolute Gasteiger partial charge is 0.224 e. The average molecular weight is 275 g/mol. The van der Waals surface area contributed by atoms with Crippen LogP contribution in [0.25, 0.3) is 11.0 Å². The Morgan fingerprint density at radius 3 is 2.90 bits per heavy atom. The van der Waals surface area contributed by atoms with Crippen LogP contribution in [0.3, 0.4) is 0 Å². The van der Waals surface area contributed by atoms with Gasteiger partial charge in [0.2, 0.25) is 5.91 Å². The molecule has 108 valence electrons. The Bertz CT molecular complexity index is 586. The van der Waals surface area contributed by atoms with Gasteiger partial charge >= 0.3 is 0 Å². The largest absolute Gasteiger partial charge is 0.497 e. The molecule has 0 aliphatic heterocycles. The number of methoxy groups -OCH3 is 1. The molecule has 0 fully saturated rings. The van der Waals surface area contributed by atoms with E-state index in [2.05, 4.69) is 19.2 Å². The van der Waals surface area contributed by atoms with E-state index in [9.17, 15) is 4.79 Å². The Morgan fingerprint density at radius 2 is 2.20 bits per heavy atom. The third kappa shape index (κ3) is 3.53. The Morgan fingerprint density at radius 1 is 1.40 bits per heavy atom. The molecule has 1 amide bonds. The highest BCUT2D eigenvalue weighted by Gasteiger charge is 2.11. The first-order valence-corrected chi connectivity index (χ1v) is 6.91. The minimum absolute atomic E-state index is 0.0316. The summed E-state index contributed by atoms with van der Waals surface area (Å²) in [6.45, 7) is 5.01. The van der Waals surface area contributed by atoms with Gasteiger partial charge in [0.15, 0.2) is 0 Å². The van der Waals surface area contributed by atoms with Gasteiger partial charge in [0.1, 0.15) is 11.3 Å². The normalized spacial score (nSPS) is 11.0. The Hall–Kier alpha value is -1.97. The molecule has 0 spiro atoms. The lowest BCUT2D eigenvalue weighted by atomic mass is 10.1. The summed E-state index contributed by atoms with van der Waals surface area (Å²) in [5.41, 5.74) is 1.65. The minimum Gasteiger partial charge on any atom is -0.497 e. The van der Waals surface area contributed by atoms with Crippen molar-refractivity contribution in [2.24, 2.45) is 5.92 Å². The number of hydrogen-bond donors (Lipinski definition) is 1. The monoisotopic (exact) mass is 275 g/mol. The van der Waals surface area contributed by atoms with E-state index in [1.54, 1.807) is 13.4 Å². The van der Waals surface area contributed by atoms with Gasteiger partial charge in [-0.1, -0.05) is 13.8 Å². The zero-order valence-electron chi connectivity index (χ0n) is 12.2. The van der Waals surface area contributed by atoms with Crippen LogP contribution in [0.5, 0.6) is 5.75 Å². The first kappa shape index (κ1) is 14.4. The van der Waals surface area contributed by atoms with E-state index in [4.69, 9.17) is 9.15 Å². The highest BCUT2D eigenvalue weighted by atomic mass is 16.5. The van der Waals surface area contributed by atoms with Crippen molar-refractivity contribution < 1.29 is 13.9 Å². The molecule has 0 unspecified atom stereocenters. The number of hydrogen-bond acceptors (Lipinski definition) is 3. The second-order valence-electron chi connectivity index (χ2n) is 5.33. The molecule has 0 saturated carbocycles. The summed E-state index contributed by atoms with van der Waals surface area (Å²) in [6, 6.07) is 5.63. The van der Waals surface area contributed by atoms with Crippen molar-refractivity contribution in [2.75, 3.05) is 13.7 Å². The van der Waals surface area contributed by atoms with Crippen molar-refractivity contribution in [3.8, 4) is 5.75 Å². The lowest BCUT2D eigenvalue weighted by molar-refractivity contribution is -0.120. The van der Waals surface area contributed by atoms with E-state index in [0.717, 1.165) is 35.2 Å². The molecule has 2 aromatic rings. The highest BCUT2D eigenvalue weighted by Crippen LogP contribution is 2.25. The number of benzene rings is 1. The van der Waals surface area contributed by atoms with Crippen molar-refractivity contribution in [1.82, 2.24) is 5.32 Å². The molecule has 0 radical (unpaired) electrons. The van der Waals surface area contributed by atoms with Crippen LogP contribution in [0.15, 0.2) is 28.9 Å². The van der Waals surface area contributed by atoms with Crippen LogP contribution in [-0.2, 0) is 11.2 Å².